The number of hydrogen-bond acceptors (Lipinski definition) is 5. The Morgan fingerprint density at radius 3 is 3.06 bits per heavy atom. The fourth-order valence-electron chi connectivity index (χ4n) is 2.10. The van der Waals surface area contributed by atoms with Gasteiger partial charge in [0.2, 0.25) is 5.88 Å². The van der Waals surface area contributed by atoms with Crippen molar-refractivity contribution in [3.63, 3.8) is 0 Å². The molecule has 0 spiro atoms. The summed E-state index contributed by atoms with van der Waals surface area (Å²) in [5.74, 6) is 2.07. The first kappa shape index (κ1) is 12.1. The second-order valence-electron chi connectivity index (χ2n) is 4.52. The molecule has 17 heavy (non-hydrogen) atoms. The number of ether oxygens (including phenoxy) is 1. The van der Waals surface area contributed by atoms with Gasteiger partial charge in [0, 0.05) is 25.2 Å². The van der Waals surface area contributed by atoms with Crippen molar-refractivity contribution in [3.8, 4) is 5.88 Å². The number of nitrogens with two attached hydrogens (primary N) is 1. The van der Waals surface area contributed by atoms with Crippen molar-refractivity contribution >= 4 is 5.82 Å². The minimum Gasteiger partial charge on any atom is -0.478 e. The van der Waals surface area contributed by atoms with Gasteiger partial charge in [0.05, 0.1) is 6.61 Å². The van der Waals surface area contributed by atoms with Crippen LogP contribution in [-0.4, -0.2) is 35.7 Å². The van der Waals surface area contributed by atoms with E-state index in [1.165, 1.54) is 0 Å². The molecule has 2 rings (SSSR count). The molecule has 0 bridgehead atoms. The summed E-state index contributed by atoms with van der Waals surface area (Å²) < 4.78 is 5.38. The molecule has 2 N–H and O–H groups in total. The first-order chi connectivity index (χ1) is 8.20. The van der Waals surface area contributed by atoms with Crippen LogP contribution in [0.15, 0.2) is 12.4 Å². The number of aromatic nitrogens is 2. The third-order valence-corrected chi connectivity index (χ3v) is 3.22. The van der Waals surface area contributed by atoms with E-state index in [-0.39, 0.29) is 0 Å². The van der Waals surface area contributed by atoms with E-state index in [1.54, 1.807) is 6.33 Å². The fourth-order valence-corrected chi connectivity index (χ4v) is 2.10. The summed E-state index contributed by atoms with van der Waals surface area (Å²) in [5.41, 5.74) is 6.01. The molecule has 2 atom stereocenters. The maximum Gasteiger partial charge on any atom is 0.218 e. The predicted molar refractivity (Wildman–Crippen MR) is 67.2 cm³/mol. The maximum atomic E-state index is 6.01. The lowest BCUT2D eigenvalue weighted by Gasteiger charge is -2.35. The normalized spacial score (nSPS) is 24.8. The van der Waals surface area contributed by atoms with Crippen LogP contribution in [-0.2, 0) is 0 Å². The molecular formula is C12H20N4O. The summed E-state index contributed by atoms with van der Waals surface area (Å²) in [7, 11) is 0. The van der Waals surface area contributed by atoms with Gasteiger partial charge in [-0.05, 0) is 19.3 Å². The number of nitrogens with zero attached hydrogens (tertiary/aromatic N) is 3. The minimum absolute atomic E-state index is 0.305. The molecule has 2 heterocycles. The number of piperidine rings is 1. The molecule has 1 saturated heterocycles. The molecule has 0 saturated carbocycles. The van der Waals surface area contributed by atoms with Crippen LogP contribution in [0.4, 0.5) is 5.82 Å². The Hall–Kier alpha value is -1.36. The van der Waals surface area contributed by atoms with Crippen LogP contribution in [0.3, 0.4) is 0 Å². The van der Waals surface area contributed by atoms with Gasteiger partial charge in [-0.3, -0.25) is 0 Å². The zero-order valence-corrected chi connectivity index (χ0v) is 10.5. The van der Waals surface area contributed by atoms with Gasteiger partial charge in [0.15, 0.2) is 0 Å². The molecule has 1 aliphatic heterocycles. The predicted octanol–water partition coefficient (Wildman–Crippen LogP) is 1.05. The van der Waals surface area contributed by atoms with E-state index in [0.717, 1.165) is 25.3 Å². The van der Waals surface area contributed by atoms with Crippen molar-refractivity contribution in [1.29, 1.82) is 0 Å². The summed E-state index contributed by atoms with van der Waals surface area (Å²) in [6.07, 6.45) is 2.56. The second kappa shape index (κ2) is 5.31. The third kappa shape index (κ3) is 2.85. The highest BCUT2D eigenvalue weighted by Crippen LogP contribution is 2.22. The first-order valence-electron chi connectivity index (χ1n) is 6.16. The van der Waals surface area contributed by atoms with E-state index >= 15 is 0 Å². The minimum atomic E-state index is 0.305. The van der Waals surface area contributed by atoms with Gasteiger partial charge in [-0.2, -0.15) is 0 Å². The van der Waals surface area contributed by atoms with Gasteiger partial charge in [-0.25, -0.2) is 9.97 Å². The molecule has 0 aliphatic carbocycles. The lowest BCUT2D eigenvalue weighted by molar-refractivity contribution is 0.325. The largest absolute Gasteiger partial charge is 0.478 e. The van der Waals surface area contributed by atoms with Gasteiger partial charge < -0.3 is 15.4 Å². The second-order valence-corrected chi connectivity index (χ2v) is 4.52. The van der Waals surface area contributed by atoms with Crippen LogP contribution in [0.1, 0.15) is 20.3 Å². The summed E-state index contributed by atoms with van der Waals surface area (Å²) in [5, 5.41) is 0. The monoisotopic (exact) mass is 236 g/mol. The molecule has 0 radical (unpaired) electrons. The zero-order valence-electron chi connectivity index (χ0n) is 10.5. The highest BCUT2D eigenvalue weighted by molar-refractivity contribution is 5.41. The Morgan fingerprint density at radius 2 is 2.35 bits per heavy atom. The van der Waals surface area contributed by atoms with Gasteiger partial charge in [0.25, 0.3) is 0 Å². The van der Waals surface area contributed by atoms with Crippen LogP contribution >= 0.6 is 0 Å². The zero-order chi connectivity index (χ0) is 12.3. The highest BCUT2D eigenvalue weighted by atomic mass is 16.5. The first-order valence-corrected chi connectivity index (χ1v) is 6.16. The Morgan fingerprint density at radius 1 is 1.53 bits per heavy atom. The maximum absolute atomic E-state index is 6.01. The topological polar surface area (TPSA) is 64.3 Å². The van der Waals surface area contributed by atoms with E-state index in [1.807, 2.05) is 13.0 Å². The third-order valence-electron chi connectivity index (χ3n) is 3.22. The summed E-state index contributed by atoms with van der Waals surface area (Å²) >= 11 is 0. The average Bonchev–Trinajstić information content (AvgIpc) is 2.33. The fraction of sp³-hybridized carbons (Fsp3) is 0.667. The van der Waals surface area contributed by atoms with E-state index in [0.29, 0.717) is 24.4 Å². The number of hydrogen-bond donors (Lipinski definition) is 1. The van der Waals surface area contributed by atoms with Gasteiger partial charge >= 0.3 is 0 Å². The lowest BCUT2D eigenvalue weighted by atomic mass is 9.95. The quantitative estimate of drug-likeness (QED) is 0.849. The lowest BCUT2D eigenvalue weighted by Crippen LogP contribution is -2.46. The van der Waals surface area contributed by atoms with Crippen molar-refractivity contribution in [2.24, 2.45) is 11.7 Å². The smallest absolute Gasteiger partial charge is 0.218 e. The van der Waals surface area contributed by atoms with E-state index in [4.69, 9.17) is 10.5 Å². The Bertz CT molecular complexity index is 371. The Labute approximate surface area is 102 Å². The molecule has 1 aromatic rings. The van der Waals surface area contributed by atoms with Gasteiger partial charge in [-0.1, -0.05) is 6.92 Å². The molecule has 1 aromatic heterocycles. The SMILES string of the molecule is CCOc1cc(N2CCC(N)C(C)C2)ncn1. The van der Waals surface area contributed by atoms with Crippen molar-refractivity contribution in [3.05, 3.63) is 12.4 Å². The van der Waals surface area contributed by atoms with Crippen molar-refractivity contribution < 1.29 is 4.74 Å². The number of anilines is 1. The molecule has 5 nitrogen and oxygen atoms in total. The van der Waals surface area contributed by atoms with E-state index in [9.17, 15) is 0 Å². The molecule has 2 unspecified atom stereocenters. The van der Waals surface area contributed by atoms with Crippen LogP contribution in [0, 0.1) is 5.92 Å². The van der Waals surface area contributed by atoms with Crippen molar-refractivity contribution in [2.75, 3.05) is 24.6 Å². The highest BCUT2D eigenvalue weighted by Gasteiger charge is 2.24. The number of rotatable bonds is 3. The molecular weight excluding hydrogens is 216 g/mol. The standard InChI is InChI=1S/C12H20N4O/c1-3-17-12-6-11(14-8-15-12)16-5-4-10(13)9(2)7-16/h6,8-10H,3-5,7,13H2,1-2H3. The molecule has 0 amide bonds. The molecule has 1 fully saturated rings. The molecule has 1 aliphatic rings. The molecule has 0 aromatic carbocycles. The van der Waals surface area contributed by atoms with Crippen LogP contribution < -0.4 is 15.4 Å². The van der Waals surface area contributed by atoms with Gasteiger partial charge in [0.1, 0.15) is 12.1 Å². The van der Waals surface area contributed by atoms with Crippen molar-refractivity contribution in [2.45, 2.75) is 26.3 Å². The van der Waals surface area contributed by atoms with Crippen LogP contribution in [0.25, 0.3) is 0 Å². The Kier molecular flexibility index (Phi) is 3.78. The Balaban J connectivity index is 2.09. The summed E-state index contributed by atoms with van der Waals surface area (Å²) in [6, 6.07) is 2.20. The van der Waals surface area contributed by atoms with E-state index in [2.05, 4.69) is 21.8 Å². The summed E-state index contributed by atoms with van der Waals surface area (Å²) in [6.45, 7) is 6.65. The van der Waals surface area contributed by atoms with Crippen LogP contribution in [0.2, 0.25) is 0 Å². The molecule has 5 heteroatoms. The van der Waals surface area contributed by atoms with Crippen LogP contribution in [0.5, 0.6) is 5.88 Å². The average molecular weight is 236 g/mol. The molecule has 94 valence electrons. The van der Waals surface area contributed by atoms with Crippen molar-refractivity contribution in [1.82, 2.24) is 9.97 Å². The summed E-state index contributed by atoms with van der Waals surface area (Å²) in [4.78, 5) is 10.6. The van der Waals surface area contributed by atoms with Gasteiger partial charge in [-0.15, -0.1) is 0 Å². The van der Waals surface area contributed by atoms with E-state index < -0.39 is 0 Å².